The van der Waals surface area contributed by atoms with Gasteiger partial charge in [0.25, 0.3) is 0 Å². The highest BCUT2D eigenvalue weighted by atomic mass is 13.9. The molecule has 0 heterocycles. The summed E-state index contributed by atoms with van der Waals surface area (Å²) in [4.78, 5) is 0. The summed E-state index contributed by atoms with van der Waals surface area (Å²) in [5.41, 5.74) is 0. The normalized spacial score (nSPS) is 12.8. The third kappa shape index (κ3) is 15.0. The van der Waals surface area contributed by atoms with Gasteiger partial charge in [-0.15, -0.1) is 0 Å². The van der Waals surface area contributed by atoms with Crippen molar-refractivity contribution in [1.82, 2.24) is 0 Å². The monoisotopic (exact) mass is 231 g/mol. The van der Waals surface area contributed by atoms with Gasteiger partial charge in [-0.2, -0.15) is 0 Å². The maximum atomic E-state index is 3.85. The number of hydrogen-bond donors (Lipinski definition) is 0. The lowest BCUT2D eigenvalue weighted by Crippen LogP contribution is -1.75. The fourth-order valence-electron chi connectivity index (χ4n) is 1.44. The highest BCUT2D eigenvalue weighted by Crippen LogP contribution is 2.05. The predicted octanol–water partition coefficient (Wildman–Crippen LogP) is 5.80. The van der Waals surface area contributed by atoms with Crippen LogP contribution in [-0.2, 0) is 0 Å². The number of allylic oxidation sites excluding steroid dienone is 8. The molecule has 95 valence electrons. The van der Waals surface area contributed by atoms with Crippen LogP contribution in [0.1, 0.15) is 51.9 Å². The van der Waals surface area contributed by atoms with Crippen LogP contribution in [0.5, 0.6) is 0 Å². The fourth-order valence-corrected chi connectivity index (χ4v) is 1.44. The van der Waals surface area contributed by atoms with Gasteiger partial charge in [0.05, 0.1) is 0 Å². The molecule has 0 aromatic carbocycles. The topological polar surface area (TPSA) is 0 Å². The first-order valence-corrected chi connectivity index (χ1v) is 6.86. The zero-order valence-electron chi connectivity index (χ0n) is 11.3. The third-order valence-electron chi connectivity index (χ3n) is 2.43. The summed E-state index contributed by atoms with van der Waals surface area (Å²) in [6, 6.07) is 0. The molecule has 0 atom stereocenters. The van der Waals surface area contributed by atoms with E-state index < -0.39 is 0 Å². The smallest absolute Gasteiger partial charge is 0.0348 e. The molecule has 17 heavy (non-hydrogen) atoms. The van der Waals surface area contributed by atoms with Crippen LogP contribution in [0.4, 0.5) is 0 Å². The standard InChI is InChI=1S/C17H27/c1-3-5-7-9-11-13-15-17-16-14-12-10-8-6-4-2/h6,8,10,12,14-17H,1,3-5,7,9,11,13H2,2H3. The predicted molar refractivity (Wildman–Crippen MR) is 79.9 cm³/mol. The van der Waals surface area contributed by atoms with E-state index in [0.29, 0.717) is 0 Å². The summed E-state index contributed by atoms with van der Waals surface area (Å²) >= 11 is 0. The van der Waals surface area contributed by atoms with Gasteiger partial charge < -0.3 is 0 Å². The molecule has 1 radical (unpaired) electrons. The zero-order valence-corrected chi connectivity index (χ0v) is 11.3. The van der Waals surface area contributed by atoms with E-state index in [0.717, 1.165) is 12.8 Å². The van der Waals surface area contributed by atoms with Crippen molar-refractivity contribution in [1.29, 1.82) is 0 Å². The Balaban J connectivity index is 3.37. The lowest BCUT2D eigenvalue weighted by molar-refractivity contribution is 0.651. The first-order chi connectivity index (χ1) is 8.41. The Hall–Kier alpha value is -1.04. The molecule has 0 unspecified atom stereocenters. The average Bonchev–Trinajstić information content (AvgIpc) is 2.35. The second kappa shape index (κ2) is 15.0. The highest BCUT2D eigenvalue weighted by molar-refractivity contribution is 5.15. The Kier molecular flexibility index (Phi) is 14.0. The highest BCUT2D eigenvalue weighted by Gasteiger charge is 1.85. The molecular formula is C17H27. The Labute approximate surface area is 108 Å². The lowest BCUT2D eigenvalue weighted by atomic mass is 10.1. The fraction of sp³-hybridized carbons (Fsp3) is 0.471. The van der Waals surface area contributed by atoms with E-state index in [1.807, 2.05) is 0 Å². The van der Waals surface area contributed by atoms with Gasteiger partial charge >= 0.3 is 0 Å². The molecule has 0 saturated heterocycles. The second-order valence-electron chi connectivity index (χ2n) is 4.09. The van der Waals surface area contributed by atoms with Crippen LogP contribution in [0.3, 0.4) is 0 Å². The third-order valence-corrected chi connectivity index (χ3v) is 2.43. The van der Waals surface area contributed by atoms with Gasteiger partial charge in [-0.1, -0.05) is 88.1 Å². The Morgan fingerprint density at radius 3 is 1.94 bits per heavy atom. The minimum absolute atomic E-state index is 1.08. The first-order valence-electron chi connectivity index (χ1n) is 6.86. The SMILES string of the molecule is [CH2]CCCCCCC=CC=CC=CC=CCC. The molecule has 0 aromatic rings. The molecule has 0 bridgehead atoms. The van der Waals surface area contributed by atoms with Gasteiger partial charge in [-0.3, -0.25) is 0 Å². The summed E-state index contributed by atoms with van der Waals surface area (Å²) in [6.45, 7) is 5.98. The van der Waals surface area contributed by atoms with Crippen LogP contribution in [0.15, 0.2) is 48.6 Å². The molecule has 0 aliphatic rings. The zero-order chi connectivity index (χ0) is 12.6. The van der Waals surface area contributed by atoms with E-state index in [4.69, 9.17) is 0 Å². The van der Waals surface area contributed by atoms with Gasteiger partial charge in [-0.25, -0.2) is 0 Å². The van der Waals surface area contributed by atoms with Crippen molar-refractivity contribution in [3.8, 4) is 0 Å². The molecular weight excluding hydrogens is 204 g/mol. The van der Waals surface area contributed by atoms with Crippen LogP contribution >= 0.6 is 0 Å². The van der Waals surface area contributed by atoms with Gasteiger partial charge in [0.15, 0.2) is 0 Å². The largest absolute Gasteiger partial charge is 0.0848 e. The molecule has 0 aliphatic heterocycles. The van der Waals surface area contributed by atoms with Crippen molar-refractivity contribution in [2.24, 2.45) is 0 Å². The summed E-state index contributed by atoms with van der Waals surface area (Å²) in [6.07, 6.45) is 25.5. The number of hydrogen-bond acceptors (Lipinski definition) is 0. The molecule has 0 nitrogen and oxygen atoms in total. The average molecular weight is 231 g/mol. The maximum Gasteiger partial charge on any atom is -0.0348 e. The molecule has 0 saturated carbocycles. The van der Waals surface area contributed by atoms with E-state index in [1.165, 1.54) is 32.1 Å². The van der Waals surface area contributed by atoms with Crippen molar-refractivity contribution in [3.05, 3.63) is 55.5 Å². The molecule has 0 fully saturated rings. The van der Waals surface area contributed by atoms with Crippen molar-refractivity contribution in [3.63, 3.8) is 0 Å². The van der Waals surface area contributed by atoms with Crippen molar-refractivity contribution >= 4 is 0 Å². The van der Waals surface area contributed by atoms with Crippen molar-refractivity contribution in [2.45, 2.75) is 51.9 Å². The van der Waals surface area contributed by atoms with Crippen LogP contribution < -0.4 is 0 Å². The molecule has 0 aliphatic carbocycles. The quantitative estimate of drug-likeness (QED) is 0.329. The minimum Gasteiger partial charge on any atom is -0.0848 e. The molecule has 0 spiro atoms. The van der Waals surface area contributed by atoms with Crippen LogP contribution in [0.25, 0.3) is 0 Å². The van der Waals surface area contributed by atoms with Gasteiger partial charge in [-0.05, 0) is 19.3 Å². The summed E-state index contributed by atoms with van der Waals surface area (Å²) < 4.78 is 0. The van der Waals surface area contributed by atoms with Gasteiger partial charge in [0, 0.05) is 0 Å². The lowest BCUT2D eigenvalue weighted by Gasteiger charge is -1.95. The Morgan fingerprint density at radius 2 is 1.29 bits per heavy atom. The van der Waals surface area contributed by atoms with Crippen LogP contribution in [0, 0.1) is 6.92 Å². The van der Waals surface area contributed by atoms with E-state index >= 15 is 0 Å². The number of unbranched alkanes of at least 4 members (excludes halogenated alkanes) is 5. The molecule has 0 heteroatoms. The van der Waals surface area contributed by atoms with Crippen LogP contribution in [0.2, 0.25) is 0 Å². The second-order valence-corrected chi connectivity index (χ2v) is 4.09. The van der Waals surface area contributed by atoms with Crippen LogP contribution in [-0.4, -0.2) is 0 Å². The van der Waals surface area contributed by atoms with E-state index in [2.05, 4.69) is 62.5 Å². The van der Waals surface area contributed by atoms with Gasteiger partial charge in [0.2, 0.25) is 0 Å². The molecule has 0 aromatic heterocycles. The number of rotatable bonds is 10. The molecule has 0 N–H and O–H groups in total. The van der Waals surface area contributed by atoms with Crippen molar-refractivity contribution in [2.75, 3.05) is 0 Å². The molecule has 0 rings (SSSR count). The van der Waals surface area contributed by atoms with E-state index in [-0.39, 0.29) is 0 Å². The van der Waals surface area contributed by atoms with Gasteiger partial charge in [0.1, 0.15) is 0 Å². The minimum atomic E-state index is 1.08. The Morgan fingerprint density at radius 1 is 0.706 bits per heavy atom. The summed E-state index contributed by atoms with van der Waals surface area (Å²) in [5, 5.41) is 0. The van der Waals surface area contributed by atoms with E-state index in [9.17, 15) is 0 Å². The van der Waals surface area contributed by atoms with Crippen molar-refractivity contribution < 1.29 is 0 Å². The maximum absolute atomic E-state index is 3.85. The van der Waals surface area contributed by atoms with E-state index in [1.54, 1.807) is 0 Å². The molecule has 0 amide bonds. The Bertz CT molecular complexity index is 241. The first kappa shape index (κ1) is 16.0. The summed E-state index contributed by atoms with van der Waals surface area (Å²) in [7, 11) is 0. The summed E-state index contributed by atoms with van der Waals surface area (Å²) in [5.74, 6) is 0.